The Hall–Kier alpha value is -5.04. The molecule has 1 aromatic carbocycles. The highest BCUT2D eigenvalue weighted by Gasteiger charge is 2.29. The molecule has 1 amide bonds. The van der Waals surface area contributed by atoms with E-state index in [-0.39, 0.29) is 34.0 Å². The zero-order chi connectivity index (χ0) is 25.8. The van der Waals surface area contributed by atoms with E-state index in [4.69, 9.17) is 15.3 Å². The van der Waals surface area contributed by atoms with E-state index in [0.717, 1.165) is 17.0 Å². The molecule has 0 aliphatic carbocycles. The van der Waals surface area contributed by atoms with Crippen LogP contribution in [0.5, 0.6) is 0 Å². The fourth-order valence-corrected chi connectivity index (χ4v) is 3.32. The number of benzene rings is 1. The lowest BCUT2D eigenvalue weighted by Gasteiger charge is -2.25. The smallest absolute Gasteiger partial charge is 0.433 e. The molecule has 0 aliphatic rings. The Morgan fingerprint density at radius 1 is 1.22 bits per heavy atom. The maximum atomic E-state index is 14.1. The number of furan rings is 1. The first-order chi connectivity index (χ1) is 17.2. The molecule has 12 nitrogen and oxygen atoms in total. The van der Waals surface area contributed by atoms with Crippen molar-refractivity contribution in [3.63, 3.8) is 0 Å². The normalized spacial score (nSPS) is 12.1. The van der Waals surface area contributed by atoms with Gasteiger partial charge in [-0.25, -0.2) is 14.4 Å². The van der Waals surface area contributed by atoms with Gasteiger partial charge in [0.2, 0.25) is 5.91 Å². The van der Waals surface area contributed by atoms with E-state index >= 15 is 0 Å². The van der Waals surface area contributed by atoms with Crippen LogP contribution >= 0.6 is 0 Å². The van der Waals surface area contributed by atoms with E-state index in [0.29, 0.717) is 0 Å². The number of nitrogens with zero attached hydrogens (tertiary/aromatic N) is 5. The molecule has 36 heavy (non-hydrogen) atoms. The molecule has 0 radical (unpaired) electrons. The van der Waals surface area contributed by atoms with Gasteiger partial charge in [-0.05, 0) is 42.5 Å². The number of carbonyl (C=O) groups is 2. The number of nitrogens with two attached hydrogens (primary N) is 1. The van der Waals surface area contributed by atoms with Crippen LogP contribution < -0.4 is 10.6 Å². The van der Waals surface area contributed by atoms with E-state index < -0.39 is 41.0 Å². The average molecular weight is 492 g/mol. The Labute approximate surface area is 201 Å². The third-order valence-electron chi connectivity index (χ3n) is 4.89. The number of aromatic nitrogens is 3. The van der Waals surface area contributed by atoms with Gasteiger partial charge in [0.15, 0.2) is 11.6 Å². The fraction of sp³-hybridized carbons (Fsp3) is 0.0870. The highest BCUT2D eigenvalue weighted by Crippen LogP contribution is 2.31. The summed E-state index contributed by atoms with van der Waals surface area (Å²) in [6.45, 7) is 0. The monoisotopic (exact) mass is 492 g/mol. The molecule has 182 valence electrons. The first-order valence-electron chi connectivity index (χ1n) is 10.3. The number of halogens is 1. The quantitative estimate of drug-likeness (QED) is 0.274. The minimum Gasteiger partial charge on any atom is -0.481 e. The largest absolute Gasteiger partial charge is 0.481 e. The standard InChI is InChI=1S/C23H17FN6O6/c24-13-3-6-16-18(10-13)27-19(7-4-15-5-8-20(36-15)30(34)35)28-22(16)29(14-2-1-9-26-12-14)23(33)17(25)11-21(31)32/h1-10,12,17H,11,25H2,(H,31,32)/b7-4+. The van der Waals surface area contributed by atoms with Crippen molar-refractivity contribution in [2.45, 2.75) is 12.5 Å². The number of aliphatic carboxylic acids is 1. The van der Waals surface area contributed by atoms with Crippen molar-refractivity contribution in [1.82, 2.24) is 15.0 Å². The summed E-state index contributed by atoms with van der Waals surface area (Å²) < 4.78 is 19.1. The Morgan fingerprint density at radius 2 is 2.03 bits per heavy atom. The Bertz CT molecular complexity index is 1490. The highest BCUT2D eigenvalue weighted by molar-refractivity contribution is 6.09. The molecule has 0 bridgehead atoms. The van der Waals surface area contributed by atoms with Crippen molar-refractivity contribution in [1.29, 1.82) is 0 Å². The molecule has 3 heterocycles. The zero-order valence-electron chi connectivity index (χ0n) is 18.3. The Kier molecular flexibility index (Phi) is 6.74. The lowest BCUT2D eigenvalue weighted by molar-refractivity contribution is -0.402. The van der Waals surface area contributed by atoms with Crippen LogP contribution in [0.15, 0.2) is 59.3 Å². The molecule has 0 saturated carbocycles. The van der Waals surface area contributed by atoms with E-state index in [9.17, 15) is 24.1 Å². The summed E-state index contributed by atoms with van der Waals surface area (Å²) in [6.07, 6.45) is 4.92. The van der Waals surface area contributed by atoms with Gasteiger partial charge >= 0.3 is 11.9 Å². The van der Waals surface area contributed by atoms with E-state index in [2.05, 4.69) is 15.0 Å². The third-order valence-corrected chi connectivity index (χ3v) is 4.89. The van der Waals surface area contributed by atoms with Gasteiger partial charge in [-0.1, -0.05) is 0 Å². The van der Waals surface area contributed by atoms with Crippen molar-refractivity contribution in [3.8, 4) is 0 Å². The number of anilines is 2. The number of carbonyl (C=O) groups excluding carboxylic acids is 1. The SMILES string of the molecule is NC(CC(=O)O)C(=O)N(c1cccnc1)c1nc(/C=C/c2ccc([N+](=O)[O-])o2)nc2cc(F)ccc12. The van der Waals surface area contributed by atoms with Gasteiger partial charge < -0.3 is 15.3 Å². The van der Waals surface area contributed by atoms with Crippen LogP contribution in [0, 0.1) is 15.9 Å². The molecule has 0 spiro atoms. The van der Waals surface area contributed by atoms with Crippen LogP contribution in [-0.2, 0) is 9.59 Å². The summed E-state index contributed by atoms with van der Waals surface area (Å²) in [7, 11) is 0. The van der Waals surface area contributed by atoms with Gasteiger partial charge in [0, 0.05) is 17.6 Å². The number of hydrogen-bond acceptors (Lipinski definition) is 9. The summed E-state index contributed by atoms with van der Waals surface area (Å²) in [5, 5.41) is 20.3. The Morgan fingerprint density at radius 3 is 2.69 bits per heavy atom. The minimum absolute atomic E-state index is 0.00362. The first-order valence-corrected chi connectivity index (χ1v) is 10.3. The summed E-state index contributed by atoms with van der Waals surface area (Å²) in [4.78, 5) is 48.5. The van der Waals surface area contributed by atoms with Crippen LogP contribution in [0.2, 0.25) is 0 Å². The molecule has 1 atom stereocenters. The number of hydrogen-bond donors (Lipinski definition) is 2. The van der Waals surface area contributed by atoms with Crippen LogP contribution in [0.25, 0.3) is 23.1 Å². The molecule has 3 aromatic heterocycles. The molecule has 1 unspecified atom stereocenters. The number of pyridine rings is 1. The number of fused-ring (bicyclic) bond motifs is 1. The molecule has 3 N–H and O–H groups in total. The van der Waals surface area contributed by atoms with Crippen molar-refractivity contribution < 1.29 is 28.4 Å². The summed E-state index contributed by atoms with van der Waals surface area (Å²) in [6, 6.07) is 7.91. The van der Waals surface area contributed by atoms with Crippen molar-refractivity contribution in [2.24, 2.45) is 5.73 Å². The fourth-order valence-electron chi connectivity index (χ4n) is 3.32. The van der Waals surface area contributed by atoms with E-state index in [1.54, 1.807) is 12.1 Å². The second-order valence-corrected chi connectivity index (χ2v) is 7.42. The van der Waals surface area contributed by atoms with E-state index in [1.165, 1.54) is 42.7 Å². The van der Waals surface area contributed by atoms with Crippen LogP contribution in [-0.4, -0.2) is 42.9 Å². The maximum Gasteiger partial charge on any atom is 0.433 e. The van der Waals surface area contributed by atoms with Gasteiger partial charge in [-0.3, -0.25) is 29.6 Å². The molecule has 0 aliphatic heterocycles. The number of rotatable bonds is 8. The number of carboxylic acid groups (broad SMARTS) is 1. The molecule has 13 heteroatoms. The average Bonchev–Trinajstić information content (AvgIpc) is 3.32. The molecule has 0 saturated heterocycles. The van der Waals surface area contributed by atoms with Gasteiger partial charge in [0.05, 0.1) is 35.9 Å². The predicted molar refractivity (Wildman–Crippen MR) is 125 cm³/mol. The van der Waals surface area contributed by atoms with Crippen molar-refractivity contribution in [3.05, 3.63) is 82.4 Å². The summed E-state index contributed by atoms with van der Waals surface area (Å²) in [5.74, 6) is -2.96. The lowest BCUT2D eigenvalue weighted by Crippen LogP contribution is -2.43. The number of carboxylic acids is 1. The second-order valence-electron chi connectivity index (χ2n) is 7.42. The molecule has 4 aromatic rings. The van der Waals surface area contributed by atoms with Crippen molar-refractivity contribution in [2.75, 3.05) is 4.90 Å². The van der Waals surface area contributed by atoms with Gasteiger partial charge in [-0.15, -0.1) is 0 Å². The summed E-state index contributed by atoms with van der Waals surface area (Å²) >= 11 is 0. The number of nitro groups is 1. The van der Waals surface area contributed by atoms with Crippen LogP contribution in [0.4, 0.5) is 21.8 Å². The molecule has 0 fully saturated rings. The Balaban J connectivity index is 1.86. The lowest BCUT2D eigenvalue weighted by atomic mass is 10.1. The minimum atomic E-state index is -1.42. The van der Waals surface area contributed by atoms with Gasteiger partial charge in [0.25, 0.3) is 0 Å². The van der Waals surface area contributed by atoms with Gasteiger partial charge in [-0.2, -0.15) is 0 Å². The highest BCUT2D eigenvalue weighted by atomic mass is 19.1. The molecular weight excluding hydrogens is 475 g/mol. The molecular formula is C23H17FN6O6. The molecule has 4 rings (SSSR count). The van der Waals surface area contributed by atoms with Crippen LogP contribution in [0.3, 0.4) is 0 Å². The zero-order valence-corrected chi connectivity index (χ0v) is 18.3. The summed E-state index contributed by atoms with van der Waals surface area (Å²) in [5.41, 5.74) is 6.26. The van der Waals surface area contributed by atoms with E-state index in [1.807, 2.05) is 0 Å². The van der Waals surface area contributed by atoms with Crippen LogP contribution in [0.1, 0.15) is 18.0 Å². The predicted octanol–water partition coefficient (Wildman–Crippen LogP) is 3.30. The maximum absolute atomic E-state index is 14.1. The topological polar surface area (TPSA) is 179 Å². The van der Waals surface area contributed by atoms with Gasteiger partial charge in [0.1, 0.15) is 16.5 Å². The second kappa shape index (κ2) is 10.1. The van der Waals surface area contributed by atoms with Crippen molar-refractivity contribution >= 4 is 52.3 Å². The third kappa shape index (κ3) is 5.20. The first kappa shape index (κ1) is 24.1. The number of amides is 1.